The molecule has 0 radical (unpaired) electrons. The molecule has 0 aliphatic heterocycles. The van der Waals surface area contributed by atoms with Crippen molar-refractivity contribution in [1.82, 2.24) is 20.2 Å². The highest BCUT2D eigenvalue weighted by Gasteiger charge is 2.20. The maximum Gasteiger partial charge on any atom is 0.251 e. The van der Waals surface area contributed by atoms with E-state index in [0.29, 0.717) is 11.4 Å². The van der Waals surface area contributed by atoms with Gasteiger partial charge in [-0.05, 0) is 51.5 Å². The highest BCUT2D eigenvalue weighted by atomic mass is 16.2. The monoisotopic (exact) mass is 392 g/mol. The van der Waals surface area contributed by atoms with Crippen LogP contribution >= 0.6 is 0 Å². The Balaban J connectivity index is 1.86. The number of imidazole rings is 1. The van der Waals surface area contributed by atoms with Gasteiger partial charge in [-0.3, -0.25) is 9.59 Å². The minimum Gasteiger partial charge on any atom is -0.352 e. The van der Waals surface area contributed by atoms with Crippen molar-refractivity contribution in [3.05, 3.63) is 65.5 Å². The first-order chi connectivity index (χ1) is 13.9. The Morgan fingerprint density at radius 1 is 1.03 bits per heavy atom. The van der Waals surface area contributed by atoms with Gasteiger partial charge in [0.1, 0.15) is 12.4 Å². The molecule has 0 saturated heterocycles. The Hall–Kier alpha value is -3.15. The standard InChI is InChI=1S/C23H28N4O2/c1-5-16(3)24-21(28)14-27-20-9-7-6-8-19(20)26-22(27)17(4)25-23(29)18-12-10-15(2)11-13-18/h6-13,16-17H,5,14H2,1-4H3,(H,24,28)(H,25,29). The van der Waals surface area contributed by atoms with E-state index in [1.54, 1.807) is 12.1 Å². The lowest BCUT2D eigenvalue weighted by molar-refractivity contribution is -0.122. The number of nitrogens with zero attached hydrogens (tertiary/aromatic N) is 2. The summed E-state index contributed by atoms with van der Waals surface area (Å²) in [7, 11) is 0. The number of hydrogen-bond donors (Lipinski definition) is 2. The number of benzene rings is 2. The van der Waals surface area contributed by atoms with Gasteiger partial charge in [-0.25, -0.2) is 4.98 Å². The van der Waals surface area contributed by atoms with Crippen molar-refractivity contribution in [1.29, 1.82) is 0 Å². The molecular formula is C23H28N4O2. The van der Waals surface area contributed by atoms with Gasteiger partial charge in [0.25, 0.3) is 5.91 Å². The fourth-order valence-electron chi connectivity index (χ4n) is 3.21. The second kappa shape index (κ2) is 8.90. The molecule has 152 valence electrons. The third kappa shape index (κ3) is 4.83. The lowest BCUT2D eigenvalue weighted by Gasteiger charge is -2.17. The van der Waals surface area contributed by atoms with Crippen molar-refractivity contribution < 1.29 is 9.59 Å². The zero-order valence-corrected chi connectivity index (χ0v) is 17.4. The van der Waals surface area contributed by atoms with E-state index in [4.69, 9.17) is 4.98 Å². The van der Waals surface area contributed by atoms with Crippen molar-refractivity contribution in [2.75, 3.05) is 0 Å². The zero-order valence-electron chi connectivity index (χ0n) is 17.4. The van der Waals surface area contributed by atoms with Gasteiger partial charge in [0, 0.05) is 11.6 Å². The third-order valence-corrected chi connectivity index (χ3v) is 5.05. The van der Waals surface area contributed by atoms with Crippen molar-refractivity contribution in [2.24, 2.45) is 0 Å². The largest absolute Gasteiger partial charge is 0.352 e. The molecule has 2 amide bonds. The number of rotatable bonds is 7. The number of para-hydroxylation sites is 2. The summed E-state index contributed by atoms with van der Waals surface area (Å²) in [6.45, 7) is 8.04. The number of aromatic nitrogens is 2. The number of fused-ring (bicyclic) bond motifs is 1. The molecule has 3 rings (SSSR count). The van der Waals surface area contributed by atoms with E-state index in [2.05, 4.69) is 10.6 Å². The zero-order chi connectivity index (χ0) is 21.0. The van der Waals surface area contributed by atoms with E-state index < -0.39 is 0 Å². The van der Waals surface area contributed by atoms with E-state index in [1.165, 1.54) is 0 Å². The molecule has 29 heavy (non-hydrogen) atoms. The predicted octanol–water partition coefficient (Wildman–Crippen LogP) is 3.75. The Morgan fingerprint density at radius 2 is 1.72 bits per heavy atom. The molecule has 0 saturated carbocycles. The molecule has 0 aliphatic rings. The molecule has 2 N–H and O–H groups in total. The van der Waals surface area contributed by atoms with Crippen molar-refractivity contribution >= 4 is 22.8 Å². The highest BCUT2D eigenvalue weighted by molar-refractivity contribution is 5.94. The highest BCUT2D eigenvalue weighted by Crippen LogP contribution is 2.21. The smallest absolute Gasteiger partial charge is 0.251 e. The van der Waals surface area contributed by atoms with Gasteiger partial charge in [0.15, 0.2) is 0 Å². The first-order valence-electron chi connectivity index (χ1n) is 10.0. The fourth-order valence-corrected chi connectivity index (χ4v) is 3.21. The van der Waals surface area contributed by atoms with E-state index in [0.717, 1.165) is 23.0 Å². The molecule has 0 bridgehead atoms. The van der Waals surface area contributed by atoms with E-state index in [1.807, 2.05) is 68.7 Å². The molecule has 1 heterocycles. The van der Waals surface area contributed by atoms with Crippen LogP contribution in [0.25, 0.3) is 11.0 Å². The van der Waals surface area contributed by atoms with Crippen LogP contribution < -0.4 is 10.6 Å². The van der Waals surface area contributed by atoms with Gasteiger partial charge in [-0.15, -0.1) is 0 Å². The average Bonchev–Trinajstić information content (AvgIpc) is 3.06. The lowest BCUT2D eigenvalue weighted by atomic mass is 10.1. The minimum atomic E-state index is -0.354. The molecule has 2 aromatic carbocycles. The van der Waals surface area contributed by atoms with Crippen LogP contribution in [0.1, 0.15) is 55.0 Å². The number of carbonyl (C=O) groups is 2. The van der Waals surface area contributed by atoms with E-state index >= 15 is 0 Å². The quantitative estimate of drug-likeness (QED) is 0.643. The van der Waals surface area contributed by atoms with Gasteiger partial charge in [-0.2, -0.15) is 0 Å². The van der Waals surface area contributed by atoms with Gasteiger partial charge in [0.05, 0.1) is 17.1 Å². The Bertz CT molecular complexity index is 1010. The molecule has 3 aromatic rings. The summed E-state index contributed by atoms with van der Waals surface area (Å²) < 4.78 is 1.88. The summed E-state index contributed by atoms with van der Waals surface area (Å²) in [5, 5.41) is 6.00. The maximum atomic E-state index is 12.6. The lowest BCUT2D eigenvalue weighted by Crippen LogP contribution is -2.36. The van der Waals surface area contributed by atoms with Crippen LogP contribution in [-0.2, 0) is 11.3 Å². The third-order valence-electron chi connectivity index (χ3n) is 5.05. The Labute approximate surface area is 171 Å². The number of carbonyl (C=O) groups excluding carboxylic acids is 2. The molecule has 0 aliphatic carbocycles. The molecule has 0 spiro atoms. The molecule has 6 heteroatoms. The van der Waals surface area contributed by atoms with Crippen molar-refractivity contribution in [2.45, 2.75) is 52.7 Å². The van der Waals surface area contributed by atoms with Crippen LogP contribution in [0, 0.1) is 6.92 Å². The van der Waals surface area contributed by atoms with Crippen LogP contribution in [0.5, 0.6) is 0 Å². The Kier molecular flexibility index (Phi) is 6.32. The fraction of sp³-hybridized carbons (Fsp3) is 0.348. The maximum absolute atomic E-state index is 12.6. The number of hydrogen-bond acceptors (Lipinski definition) is 3. The van der Waals surface area contributed by atoms with Gasteiger partial charge in [0.2, 0.25) is 5.91 Å². The van der Waals surface area contributed by atoms with Gasteiger partial charge < -0.3 is 15.2 Å². The Morgan fingerprint density at radius 3 is 2.41 bits per heavy atom. The second-order valence-corrected chi connectivity index (χ2v) is 7.48. The molecular weight excluding hydrogens is 364 g/mol. The summed E-state index contributed by atoms with van der Waals surface area (Å²) in [5.74, 6) is 0.423. The van der Waals surface area contributed by atoms with Crippen LogP contribution in [0.3, 0.4) is 0 Å². The van der Waals surface area contributed by atoms with Crippen LogP contribution in [0.15, 0.2) is 48.5 Å². The molecule has 6 nitrogen and oxygen atoms in total. The topological polar surface area (TPSA) is 76.0 Å². The van der Waals surface area contributed by atoms with Gasteiger partial charge in [-0.1, -0.05) is 36.8 Å². The summed E-state index contributed by atoms with van der Waals surface area (Å²) in [5.41, 5.74) is 3.37. The molecule has 0 fully saturated rings. The summed E-state index contributed by atoms with van der Waals surface area (Å²) in [6.07, 6.45) is 0.867. The normalized spacial score (nSPS) is 13.1. The van der Waals surface area contributed by atoms with E-state index in [-0.39, 0.29) is 30.4 Å². The average molecular weight is 393 g/mol. The van der Waals surface area contributed by atoms with Gasteiger partial charge >= 0.3 is 0 Å². The first-order valence-corrected chi connectivity index (χ1v) is 10.0. The first kappa shape index (κ1) is 20.6. The SMILES string of the molecule is CCC(C)NC(=O)Cn1c(C(C)NC(=O)c2ccc(C)cc2)nc2ccccc21. The van der Waals surface area contributed by atoms with Crippen molar-refractivity contribution in [3.8, 4) is 0 Å². The number of aryl methyl sites for hydroxylation is 1. The predicted molar refractivity (Wildman–Crippen MR) is 115 cm³/mol. The van der Waals surface area contributed by atoms with Crippen LogP contribution in [-0.4, -0.2) is 27.4 Å². The van der Waals surface area contributed by atoms with Crippen LogP contribution in [0.4, 0.5) is 0 Å². The summed E-state index contributed by atoms with van der Waals surface area (Å²) in [4.78, 5) is 29.9. The summed E-state index contributed by atoms with van der Waals surface area (Å²) in [6, 6.07) is 14.9. The number of amides is 2. The minimum absolute atomic E-state index is 0.0687. The number of nitrogens with one attached hydrogen (secondary N) is 2. The van der Waals surface area contributed by atoms with Crippen LogP contribution in [0.2, 0.25) is 0 Å². The molecule has 2 unspecified atom stereocenters. The molecule has 1 aromatic heterocycles. The second-order valence-electron chi connectivity index (χ2n) is 7.48. The van der Waals surface area contributed by atoms with E-state index in [9.17, 15) is 9.59 Å². The molecule has 2 atom stereocenters. The summed E-state index contributed by atoms with van der Waals surface area (Å²) >= 11 is 0. The van der Waals surface area contributed by atoms with Crippen molar-refractivity contribution in [3.63, 3.8) is 0 Å².